The molecule has 0 bridgehead atoms. The summed E-state index contributed by atoms with van der Waals surface area (Å²) in [6.45, 7) is 105. The average Bonchev–Trinajstić information content (AvgIpc) is 0.786. The topological polar surface area (TPSA) is 200 Å². The van der Waals surface area contributed by atoms with Gasteiger partial charge >= 0.3 is 47.2 Å². The largest absolute Gasteiger partial charge is 0.480 e. The maximum atomic E-state index is 12.9. The van der Waals surface area contributed by atoms with Crippen molar-refractivity contribution in [2.75, 3.05) is 13.2 Å². The van der Waals surface area contributed by atoms with Crippen LogP contribution in [0.5, 0.6) is 0 Å². The molecule has 0 aliphatic carbocycles. The van der Waals surface area contributed by atoms with E-state index in [0.717, 1.165) is 12.8 Å². The van der Waals surface area contributed by atoms with Gasteiger partial charge in [-0.3, -0.25) is 0 Å². The summed E-state index contributed by atoms with van der Waals surface area (Å²) in [5.74, 6) is -0.744. The van der Waals surface area contributed by atoms with E-state index in [1.54, 1.807) is 6.92 Å². The van der Waals surface area contributed by atoms with Gasteiger partial charge in [-0.2, -0.15) is 0 Å². The Bertz CT molecular complexity index is 2520. The molecule has 0 heterocycles. The lowest BCUT2D eigenvalue weighted by molar-refractivity contribution is -0.139. The second kappa shape index (κ2) is 50.8. The first-order valence-electron chi connectivity index (χ1n) is 44.1. The second-order valence-electron chi connectivity index (χ2n) is 45.7. The number of carbonyl (C=O) groups excluding carboxylic acids is 2. The van der Waals surface area contributed by atoms with E-state index >= 15 is 0 Å². The van der Waals surface area contributed by atoms with Crippen LogP contribution in [0.1, 0.15) is 72.1 Å². The summed E-state index contributed by atoms with van der Waals surface area (Å²) in [6.07, 6.45) is 9.51. The first-order chi connectivity index (χ1) is 51.5. The second-order valence-corrected chi connectivity index (χ2v) is 134. The SMILES string of the molecule is C=C(C)C(=O)OCCC[Si](OC(C)(C)CC[Si](O[Si](C)(C)C)(O[Si](C)(C)C)O[Si](C)(C)C)(O[Si](C)(C)CC[Si](O[Si](C)(C)C)(O[Si](C)(C)C)O[Si](C)(C)C)O[Si](C)(C)CC[Si](O[Si](C)(C)C)(O[Si](C)(C)C)O[Si](C)(C)C.C=CC(=O)OCCCC[SiH2]O[Si](C)(C)CCCC[SiH2]O[Si](C)(C)CCC[SiH2]O[Si](C)(C)CCC[SiH2]O[Si](C)(C)C. The lowest BCUT2D eigenvalue weighted by atomic mass is 10.1. The van der Waals surface area contributed by atoms with E-state index in [4.69, 9.17) is 75.6 Å². The number of rotatable bonds is 65. The van der Waals surface area contributed by atoms with Gasteiger partial charge in [-0.05, 0) is 356 Å². The van der Waals surface area contributed by atoms with Crippen LogP contribution in [0.15, 0.2) is 24.8 Å². The Kier molecular flexibility index (Phi) is 52.9. The highest BCUT2D eigenvalue weighted by Crippen LogP contribution is 2.42. The maximum Gasteiger partial charge on any atom is 0.480 e. The lowest BCUT2D eigenvalue weighted by Crippen LogP contribution is -2.64. The van der Waals surface area contributed by atoms with Crippen molar-refractivity contribution < 1.29 is 85.2 Å². The molecule has 0 aromatic heterocycles. The van der Waals surface area contributed by atoms with Gasteiger partial charge in [0.1, 0.15) is 39.1 Å². The van der Waals surface area contributed by atoms with E-state index in [1.807, 2.05) is 0 Å². The lowest BCUT2D eigenvalue weighted by Gasteiger charge is -2.48. The number of ether oxygens (including phenoxy) is 2. The fraction of sp³-hybridized carbons (Fsp3) is 0.918. The van der Waals surface area contributed by atoms with Crippen LogP contribution in [0.4, 0.5) is 0 Å². The van der Waals surface area contributed by atoms with Gasteiger partial charge in [-0.1, -0.05) is 45.3 Å². The molecule has 0 rings (SSSR count). The van der Waals surface area contributed by atoms with E-state index in [0.29, 0.717) is 61.3 Å². The predicted octanol–water partition coefficient (Wildman–Crippen LogP) is 22.1. The minimum atomic E-state index is -3.84. The predicted molar refractivity (Wildman–Crippen MR) is 556 cm³/mol. The average molecular weight is 2030 g/mol. The Labute approximate surface area is 745 Å². The van der Waals surface area contributed by atoms with Gasteiger partial charge in [0.25, 0.3) is 0 Å². The zero-order chi connectivity index (χ0) is 91.3. The first kappa shape index (κ1) is 121. The molecule has 0 spiro atoms. The molecule has 0 fully saturated rings. The van der Waals surface area contributed by atoms with Gasteiger partial charge in [-0.25, -0.2) is 9.59 Å². The summed E-state index contributed by atoms with van der Waals surface area (Å²) in [7, 11) is -46.2. The zero-order valence-electron chi connectivity index (χ0n) is 83.7. The van der Waals surface area contributed by atoms with Crippen LogP contribution in [-0.2, 0) is 85.2 Å². The molecule has 0 radical (unpaired) electrons. The fourth-order valence-corrected chi connectivity index (χ4v) is 93.4. The molecule has 0 aliphatic heterocycles. The first-order valence-corrected chi connectivity index (χ1v) is 108. The van der Waals surface area contributed by atoms with Crippen LogP contribution in [0.25, 0.3) is 0 Å². The highest BCUT2D eigenvalue weighted by Gasteiger charge is 2.59. The van der Waals surface area contributed by atoms with E-state index in [9.17, 15) is 9.59 Å². The molecule has 0 unspecified atom stereocenters. The van der Waals surface area contributed by atoms with Crippen molar-refractivity contribution in [3.8, 4) is 0 Å². The van der Waals surface area contributed by atoms with E-state index < -0.39 is 191 Å². The van der Waals surface area contributed by atoms with Crippen LogP contribution in [0.2, 0.25) is 340 Å². The van der Waals surface area contributed by atoms with E-state index in [-0.39, 0.29) is 32.1 Å². The van der Waals surface area contributed by atoms with Gasteiger partial charge in [0, 0.05) is 35.8 Å². The molecule has 0 amide bonds. The van der Waals surface area contributed by atoms with Crippen LogP contribution in [0, 0.1) is 0 Å². The van der Waals surface area contributed by atoms with E-state index in [2.05, 4.69) is 289 Å². The molecule has 0 atom stereocenters. The zero-order valence-corrected chi connectivity index (χ0v) is 108. The summed E-state index contributed by atoms with van der Waals surface area (Å²) >= 11 is 0. The third-order valence-electron chi connectivity index (χ3n) is 16.7. The molecular weight excluding hydrogens is 1840 g/mol. The Morgan fingerprint density at radius 2 is 0.569 bits per heavy atom. The summed E-state index contributed by atoms with van der Waals surface area (Å²) in [4.78, 5) is 24.0. The van der Waals surface area contributed by atoms with Crippen molar-refractivity contribution in [1.29, 1.82) is 0 Å². The van der Waals surface area contributed by atoms with Gasteiger partial charge in [0.2, 0.25) is 0 Å². The summed E-state index contributed by atoms with van der Waals surface area (Å²) < 4.78 is 125. The molecule has 0 aliphatic rings. The van der Waals surface area contributed by atoms with Crippen LogP contribution in [0.3, 0.4) is 0 Å². The van der Waals surface area contributed by atoms with Crippen LogP contribution in [-0.4, -0.2) is 230 Å². The van der Waals surface area contributed by atoms with Crippen molar-refractivity contribution in [3.05, 3.63) is 24.8 Å². The smallest absolute Gasteiger partial charge is 0.463 e. The molecule has 0 saturated heterocycles. The quantitative estimate of drug-likeness (QED) is 0.0241. The summed E-state index contributed by atoms with van der Waals surface area (Å²) in [5, 5.41) is 0. The number of carbonyl (C=O) groups is 2. The molecule has 0 saturated carbocycles. The van der Waals surface area contributed by atoms with Gasteiger partial charge in [0.05, 0.1) is 18.8 Å². The molecule has 0 aromatic rings. The molecule has 43 heteroatoms. The van der Waals surface area contributed by atoms with Crippen molar-refractivity contribution >= 4 is 211 Å². The monoisotopic (exact) mass is 2030 g/mol. The standard InChI is InChI=1S/C47H122O14Si15.C26H66O6Si8/c1-45(2)46(48)49-38-36-39-73(50-47(3,4)37-40-74(51-62(5,6)7,52-63(8,9)10)53-64(11,12)13,60-71(32,33)41-43-75(54-65(14,15)16,55-66(17,18)19)56-67(20,21)22)61-72(34,35)42-44-76(57-68(23,24)25,58-69(26,27)28)59-70(29,30)31;1-11-26(27)28-18-12-13-19-34-30-38(5,6)23-15-14-20-35-31-39(7,8)25-17-22-36-32-40(9,10)24-16-21-33-29-37(2,3)4/h1,36-44H2,2-35H3;11H,1,12-25,33-36H2,2-10H3. The molecule has 116 heavy (non-hydrogen) atoms. The van der Waals surface area contributed by atoms with Crippen LogP contribution >= 0.6 is 0 Å². The van der Waals surface area contributed by atoms with Gasteiger partial charge in [0.15, 0.2) is 125 Å². The van der Waals surface area contributed by atoms with Crippen LogP contribution < -0.4 is 0 Å². The minimum absolute atomic E-state index is 0.164. The molecular formula is C73H188O20Si23. The fourth-order valence-electron chi connectivity index (χ4n) is 12.8. The third kappa shape index (κ3) is 67.9. The third-order valence-corrected chi connectivity index (χ3v) is 89.2. The Morgan fingerprint density at radius 1 is 0.293 bits per heavy atom. The number of unbranched alkanes of at least 4 members (excludes halogenated alkanes) is 2. The Balaban J connectivity index is 0. The van der Waals surface area contributed by atoms with Crippen molar-refractivity contribution in [3.63, 3.8) is 0 Å². The Hall–Kier alpha value is 2.77. The summed E-state index contributed by atoms with van der Waals surface area (Å²) in [6, 6.07) is 12.7. The Morgan fingerprint density at radius 3 is 0.862 bits per heavy atom. The number of hydrogen-bond donors (Lipinski definition) is 0. The molecule has 20 nitrogen and oxygen atoms in total. The van der Waals surface area contributed by atoms with Crippen molar-refractivity contribution in [2.45, 2.75) is 418 Å². The van der Waals surface area contributed by atoms with Gasteiger partial charge < -0.3 is 75.6 Å². The normalized spacial score (nSPS) is 15.0. The number of hydrogen-bond acceptors (Lipinski definition) is 20. The van der Waals surface area contributed by atoms with Crippen molar-refractivity contribution in [2.24, 2.45) is 0 Å². The molecule has 0 N–H and O–H groups in total. The molecule has 0 aromatic carbocycles. The van der Waals surface area contributed by atoms with E-state index in [1.165, 1.54) is 74.1 Å². The minimum Gasteiger partial charge on any atom is -0.463 e. The number of esters is 2. The summed E-state index contributed by atoms with van der Waals surface area (Å²) in [5.41, 5.74) is -0.446. The highest BCUT2D eigenvalue weighted by molar-refractivity contribution is 6.94. The molecule has 692 valence electrons. The van der Waals surface area contributed by atoms with Crippen molar-refractivity contribution in [1.82, 2.24) is 0 Å². The maximum absolute atomic E-state index is 12.9. The highest BCUT2D eigenvalue weighted by atomic mass is 28.5. The van der Waals surface area contributed by atoms with Gasteiger partial charge in [-0.15, -0.1) is 0 Å².